The Morgan fingerprint density at radius 1 is 1.26 bits per heavy atom. The summed E-state index contributed by atoms with van der Waals surface area (Å²) in [5, 5.41) is 5.43. The number of amides is 4. The fourth-order valence-corrected chi connectivity index (χ4v) is 3.97. The molecule has 1 saturated heterocycles. The molecule has 8 heteroatoms. The molecule has 3 rings (SSSR count). The van der Waals surface area contributed by atoms with Crippen LogP contribution in [0.1, 0.15) is 22.9 Å². The van der Waals surface area contributed by atoms with Crippen molar-refractivity contribution in [1.29, 1.82) is 0 Å². The minimum Gasteiger partial charge on any atom is -0.318 e. The van der Waals surface area contributed by atoms with E-state index in [1.807, 2.05) is 36.4 Å². The molecule has 27 heavy (non-hydrogen) atoms. The summed E-state index contributed by atoms with van der Waals surface area (Å²) in [5.74, 6) is -0.934. The van der Waals surface area contributed by atoms with Gasteiger partial charge in [-0.2, -0.15) is 5.01 Å². The van der Waals surface area contributed by atoms with E-state index in [-0.39, 0.29) is 6.54 Å². The lowest BCUT2D eigenvalue weighted by Crippen LogP contribution is -2.50. The number of hydrogen-bond donors (Lipinski definition) is 2. The van der Waals surface area contributed by atoms with E-state index in [0.717, 1.165) is 5.01 Å². The number of urea groups is 1. The van der Waals surface area contributed by atoms with Gasteiger partial charge in [0.25, 0.3) is 11.8 Å². The molecule has 0 aliphatic carbocycles. The van der Waals surface area contributed by atoms with E-state index in [1.54, 1.807) is 42.5 Å². The molecule has 2 aromatic rings. The number of hydrazine groups is 1. The molecule has 2 N–H and O–H groups in total. The van der Waals surface area contributed by atoms with Gasteiger partial charge in [0, 0.05) is 11.4 Å². The van der Waals surface area contributed by atoms with Crippen LogP contribution in [0.25, 0.3) is 0 Å². The van der Waals surface area contributed by atoms with Gasteiger partial charge < -0.3 is 5.32 Å². The van der Waals surface area contributed by atoms with Gasteiger partial charge in [-0.3, -0.25) is 19.9 Å². The zero-order chi connectivity index (χ0) is 19.6. The van der Waals surface area contributed by atoms with Crippen molar-refractivity contribution in [2.45, 2.75) is 25.9 Å². The monoisotopic (exact) mass is 386 g/mol. The third-order valence-electron chi connectivity index (χ3n) is 4.57. The number of likely N-dealkylation sites (N-methyl/N-ethyl adjacent to an activating group) is 1. The normalized spacial score (nSPS) is 19.5. The largest absolute Gasteiger partial charge is 0.344 e. The lowest BCUT2D eigenvalue weighted by Gasteiger charge is -2.22. The molecule has 7 nitrogen and oxygen atoms in total. The number of benzene rings is 1. The van der Waals surface area contributed by atoms with Crippen LogP contribution in [0.2, 0.25) is 0 Å². The lowest BCUT2D eigenvalue weighted by atomic mass is 9.92. The van der Waals surface area contributed by atoms with E-state index in [2.05, 4.69) is 10.7 Å². The van der Waals surface area contributed by atoms with Crippen LogP contribution in [-0.4, -0.2) is 41.3 Å². The zero-order valence-corrected chi connectivity index (χ0v) is 16.3. The SMILES string of the molecule is Cc1ccsc1CN(C)CC(=O)NN1C(=O)N[C@](C)(c2ccccc2)C1=O. The van der Waals surface area contributed by atoms with Gasteiger partial charge in [0.15, 0.2) is 0 Å². The topological polar surface area (TPSA) is 81.8 Å². The van der Waals surface area contributed by atoms with E-state index in [0.29, 0.717) is 12.1 Å². The first-order chi connectivity index (χ1) is 12.8. The van der Waals surface area contributed by atoms with Crippen LogP contribution in [0, 0.1) is 6.92 Å². The standard InChI is InChI=1S/C19H22N4O3S/c1-13-9-10-27-15(13)11-22(3)12-16(24)21-23-17(25)19(2,20-18(23)26)14-7-5-4-6-8-14/h4-10H,11-12H2,1-3H3,(H,20,26)(H,21,24)/t19-/m1/s1. The fraction of sp³-hybridized carbons (Fsp3) is 0.316. The Hall–Kier alpha value is -2.71. The summed E-state index contributed by atoms with van der Waals surface area (Å²) in [5.41, 5.74) is 3.06. The summed E-state index contributed by atoms with van der Waals surface area (Å²) in [6.45, 7) is 4.34. The maximum Gasteiger partial charge on any atom is 0.344 e. The van der Waals surface area contributed by atoms with Crippen molar-refractivity contribution in [1.82, 2.24) is 20.7 Å². The molecule has 0 unspecified atom stereocenters. The number of thiophene rings is 1. The molecule has 0 spiro atoms. The van der Waals surface area contributed by atoms with Crippen LogP contribution in [0.3, 0.4) is 0 Å². The molecule has 1 aromatic heterocycles. The van der Waals surface area contributed by atoms with Crippen molar-refractivity contribution in [3.63, 3.8) is 0 Å². The lowest BCUT2D eigenvalue weighted by molar-refractivity contribution is -0.139. The molecule has 1 atom stereocenters. The Balaban J connectivity index is 1.63. The number of imide groups is 1. The Labute approximate surface area is 161 Å². The van der Waals surface area contributed by atoms with Crippen molar-refractivity contribution >= 4 is 29.2 Å². The first-order valence-electron chi connectivity index (χ1n) is 8.54. The highest BCUT2D eigenvalue weighted by Gasteiger charge is 2.49. The molecule has 0 saturated carbocycles. The second-order valence-corrected chi connectivity index (χ2v) is 7.80. The van der Waals surface area contributed by atoms with Crippen LogP contribution in [0.5, 0.6) is 0 Å². The van der Waals surface area contributed by atoms with Crippen LogP contribution in [0.15, 0.2) is 41.8 Å². The number of hydrogen-bond acceptors (Lipinski definition) is 5. The molecular formula is C19H22N4O3S. The summed E-state index contributed by atoms with van der Waals surface area (Å²) in [6, 6.07) is 10.3. The number of rotatable bonds is 6. The Morgan fingerprint density at radius 2 is 1.96 bits per heavy atom. The number of nitrogens with zero attached hydrogens (tertiary/aromatic N) is 2. The van der Waals surface area contributed by atoms with Crippen LogP contribution >= 0.6 is 11.3 Å². The average Bonchev–Trinajstić information content (AvgIpc) is 3.12. The van der Waals surface area contributed by atoms with E-state index in [1.165, 1.54) is 10.4 Å². The van der Waals surface area contributed by atoms with Crippen LogP contribution in [0.4, 0.5) is 4.79 Å². The van der Waals surface area contributed by atoms with Gasteiger partial charge in [0.05, 0.1) is 6.54 Å². The summed E-state index contributed by atoms with van der Waals surface area (Å²) in [7, 11) is 1.82. The van der Waals surface area contributed by atoms with Crippen molar-refractivity contribution < 1.29 is 14.4 Å². The molecule has 1 aliphatic heterocycles. The molecule has 142 valence electrons. The maximum atomic E-state index is 12.8. The molecule has 0 radical (unpaired) electrons. The molecule has 0 bridgehead atoms. The first kappa shape index (κ1) is 19.1. The predicted molar refractivity (Wildman–Crippen MR) is 103 cm³/mol. The average molecular weight is 386 g/mol. The van der Waals surface area contributed by atoms with Gasteiger partial charge in [-0.25, -0.2) is 4.79 Å². The number of carbonyl (C=O) groups excluding carboxylic acids is 3. The summed E-state index contributed by atoms with van der Waals surface area (Å²) in [6.07, 6.45) is 0. The van der Waals surface area contributed by atoms with E-state index in [4.69, 9.17) is 0 Å². The van der Waals surface area contributed by atoms with Gasteiger partial charge >= 0.3 is 6.03 Å². The molecule has 1 aromatic carbocycles. The van der Waals surface area contributed by atoms with E-state index >= 15 is 0 Å². The Morgan fingerprint density at radius 3 is 2.59 bits per heavy atom. The molecular weight excluding hydrogens is 364 g/mol. The molecule has 1 aliphatic rings. The van der Waals surface area contributed by atoms with Crippen LogP contribution in [-0.2, 0) is 21.7 Å². The van der Waals surface area contributed by atoms with Crippen LogP contribution < -0.4 is 10.7 Å². The van der Waals surface area contributed by atoms with E-state index < -0.39 is 23.4 Å². The van der Waals surface area contributed by atoms with Gasteiger partial charge in [-0.15, -0.1) is 11.3 Å². The number of carbonyl (C=O) groups is 3. The second-order valence-electron chi connectivity index (χ2n) is 6.80. The third kappa shape index (κ3) is 3.86. The van der Waals surface area contributed by atoms with Gasteiger partial charge in [-0.1, -0.05) is 30.3 Å². The van der Waals surface area contributed by atoms with Crippen molar-refractivity contribution in [2.24, 2.45) is 0 Å². The Bertz CT molecular complexity index is 867. The quantitative estimate of drug-likeness (QED) is 0.744. The molecule has 4 amide bonds. The zero-order valence-electron chi connectivity index (χ0n) is 15.5. The highest BCUT2D eigenvalue weighted by Crippen LogP contribution is 2.27. The van der Waals surface area contributed by atoms with Crippen molar-refractivity contribution in [3.8, 4) is 0 Å². The van der Waals surface area contributed by atoms with E-state index in [9.17, 15) is 14.4 Å². The number of aryl methyl sites for hydroxylation is 1. The first-order valence-corrected chi connectivity index (χ1v) is 9.42. The smallest absolute Gasteiger partial charge is 0.318 e. The highest BCUT2D eigenvalue weighted by molar-refractivity contribution is 7.10. The third-order valence-corrected chi connectivity index (χ3v) is 5.58. The summed E-state index contributed by atoms with van der Waals surface area (Å²) >= 11 is 1.63. The summed E-state index contributed by atoms with van der Waals surface area (Å²) < 4.78 is 0. The van der Waals surface area contributed by atoms with Crippen molar-refractivity contribution in [2.75, 3.05) is 13.6 Å². The Kier molecular flexibility index (Phi) is 5.29. The molecule has 1 fully saturated rings. The number of nitrogens with one attached hydrogen (secondary N) is 2. The van der Waals surface area contributed by atoms with Crippen molar-refractivity contribution in [3.05, 3.63) is 57.8 Å². The highest BCUT2D eigenvalue weighted by atomic mass is 32.1. The van der Waals surface area contributed by atoms with Gasteiger partial charge in [-0.05, 0) is 43.5 Å². The van der Waals surface area contributed by atoms with Gasteiger partial charge in [0.2, 0.25) is 0 Å². The fourth-order valence-electron chi connectivity index (χ4n) is 2.98. The van der Waals surface area contributed by atoms with Gasteiger partial charge in [0.1, 0.15) is 5.54 Å². The predicted octanol–water partition coefficient (Wildman–Crippen LogP) is 1.99. The second kappa shape index (κ2) is 7.50. The minimum atomic E-state index is -1.20. The molecule has 2 heterocycles. The maximum absolute atomic E-state index is 12.8. The summed E-state index contributed by atoms with van der Waals surface area (Å²) in [4.78, 5) is 40.4. The minimum absolute atomic E-state index is 0.0659.